The minimum absolute atomic E-state index is 0.00878. The summed E-state index contributed by atoms with van der Waals surface area (Å²) in [5.41, 5.74) is -0.474. The number of nitrogens with one attached hydrogen (secondary N) is 1. The third-order valence-electron chi connectivity index (χ3n) is 9.42. The van der Waals surface area contributed by atoms with Gasteiger partial charge in [-0.25, -0.2) is 4.79 Å². The first-order chi connectivity index (χ1) is 19.3. The molecule has 0 spiro atoms. The van der Waals surface area contributed by atoms with Crippen LogP contribution in [-0.2, 0) is 23.9 Å². The van der Waals surface area contributed by atoms with Crippen LogP contribution in [0.25, 0.3) is 0 Å². The molecule has 3 saturated heterocycles. The van der Waals surface area contributed by atoms with E-state index in [1.807, 2.05) is 34.9 Å². The summed E-state index contributed by atoms with van der Waals surface area (Å²) >= 11 is 0. The molecule has 3 rings (SSSR count). The quantitative estimate of drug-likeness (QED) is 0.420. The number of esters is 1. The van der Waals surface area contributed by atoms with E-state index in [9.17, 15) is 19.2 Å². The van der Waals surface area contributed by atoms with Gasteiger partial charge in [0.05, 0.1) is 19.2 Å². The number of nitrogens with zero attached hydrogens (tertiary/aromatic N) is 4. The summed E-state index contributed by atoms with van der Waals surface area (Å²) in [4.78, 5) is 61.4. The molecule has 5 atom stereocenters. The van der Waals surface area contributed by atoms with Crippen LogP contribution in [0.5, 0.6) is 0 Å². The van der Waals surface area contributed by atoms with Gasteiger partial charge in [0.15, 0.2) is 0 Å². The van der Waals surface area contributed by atoms with Crippen LogP contribution in [0.1, 0.15) is 86.0 Å². The van der Waals surface area contributed by atoms with Gasteiger partial charge in [0.25, 0.3) is 0 Å². The topological polar surface area (TPSA) is 102 Å². The Hall–Kier alpha value is -2.20. The summed E-state index contributed by atoms with van der Waals surface area (Å²) in [6.07, 6.45) is 7.01. The van der Waals surface area contributed by atoms with Gasteiger partial charge in [-0.05, 0) is 70.0 Å². The van der Waals surface area contributed by atoms with E-state index in [-0.39, 0.29) is 47.7 Å². The number of carbonyl (C=O) groups is 4. The second kappa shape index (κ2) is 14.3. The van der Waals surface area contributed by atoms with Gasteiger partial charge in [-0.3, -0.25) is 24.2 Å². The first-order valence-electron chi connectivity index (χ1n) is 15.7. The van der Waals surface area contributed by atoms with Gasteiger partial charge in [0, 0.05) is 26.2 Å². The minimum Gasteiger partial charge on any atom is -0.467 e. The Balaban J connectivity index is 1.77. The van der Waals surface area contributed by atoms with Gasteiger partial charge in [0.1, 0.15) is 12.1 Å². The molecule has 1 unspecified atom stereocenters. The maximum absolute atomic E-state index is 14.1. The fourth-order valence-corrected chi connectivity index (χ4v) is 6.77. The van der Waals surface area contributed by atoms with E-state index in [1.54, 1.807) is 9.80 Å². The Morgan fingerprint density at radius 3 is 2.10 bits per heavy atom. The van der Waals surface area contributed by atoms with E-state index in [2.05, 4.69) is 29.0 Å². The Kier molecular flexibility index (Phi) is 11.6. The standard InChI is InChI=1S/C31H55N5O5/c1-21(2)25(20-35-18-12-10-15-23(35)28(38)36-19-13-16-24(36)30(40)41-8)34(7)29(39)26(31(3,4)5)32-27(37)22-14-9-11-17-33(22)6/h21-26H,9-20H2,1-8H3,(H,32,37)/t22?,23-,24-,25+,26+/m0/s1. The molecule has 0 saturated carbocycles. The number of carbonyl (C=O) groups excluding carboxylic acids is 4. The zero-order valence-corrected chi connectivity index (χ0v) is 26.8. The Morgan fingerprint density at radius 2 is 1.51 bits per heavy atom. The summed E-state index contributed by atoms with van der Waals surface area (Å²) in [5, 5.41) is 3.13. The molecule has 3 aliphatic rings. The summed E-state index contributed by atoms with van der Waals surface area (Å²) in [7, 11) is 5.18. The summed E-state index contributed by atoms with van der Waals surface area (Å²) in [6, 6.07) is -1.86. The Labute approximate surface area is 247 Å². The number of hydrogen-bond acceptors (Lipinski definition) is 7. The van der Waals surface area contributed by atoms with Crippen molar-refractivity contribution in [3.05, 3.63) is 0 Å². The number of likely N-dealkylation sites (N-methyl/N-ethyl adjacent to an activating group) is 2. The summed E-state index contributed by atoms with van der Waals surface area (Å²) < 4.78 is 4.98. The van der Waals surface area contributed by atoms with Crippen molar-refractivity contribution in [3.63, 3.8) is 0 Å². The predicted molar refractivity (Wildman–Crippen MR) is 159 cm³/mol. The molecule has 41 heavy (non-hydrogen) atoms. The van der Waals surface area contributed by atoms with Crippen molar-refractivity contribution in [2.24, 2.45) is 11.3 Å². The van der Waals surface area contributed by atoms with Crippen LogP contribution < -0.4 is 5.32 Å². The van der Waals surface area contributed by atoms with Crippen LogP contribution in [0.4, 0.5) is 0 Å². The molecular formula is C31H55N5O5. The first-order valence-corrected chi connectivity index (χ1v) is 15.7. The molecule has 0 aromatic rings. The van der Waals surface area contributed by atoms with Crippen LogP contribution >= 0.6 is 0 Å². The summed E-state index contributed by atoms with van der Waals surface area (Å²) in [6.45, 7) is 13.0. The van der Waals surface area contributed by atoms with Crippen LogP contribution in [0.3, 0.4) is 0 Å². The lowest BCUT2D eigenvalue weighted by atomic mass is 9.84. The molecule has 3 amide bonds. The van der Waals surface area contributed by atoms with Crippen molar-refractivity contribution in [1.82, 2.24) is 24.9 Å². The highest BCUT2D eigenvalue weighted by molar-refractivity contribution is 5.90. The maximum atomic E-state index is 14.1. The zero-order chi connectivity index (χ0) is 30.5. The molecule has 10 nitrogen and oxygen atoms in total. The zero-order valence-electron chi connectivity index (χ0n) is 26.8. The molecule has 0 bridgehead atoms. The van der Waals surface area contributed by atoms with Crippen molar-refractivity contribution in [2.45, 2.75) is 116 Å². The SMILES string of the molecule is COC(=O)[C@@H]1CCCN1C(=O)[C@@H]1CCCCN1C[C@H](C(C)C)N(C)C(=O)[C@@H](NC(=O)C1CCCCN1C)C(C)(C)C. The van der Waals surface area contributed by atoms with Crippen molar-refractivity contribution in [3.8, 4) is 0 Å². The summed E-state index contributed by atoms with van der Waals surface area (Å²) in [5.74, 6) is -0.406. The number of ether oxygens (including phenoxy) is 1. The van der Waals surface area contributed by atoms with E-state index in [1.165, 1.54) is 7.11 Å². The Morgan fingerprint density at radius 1 is 0.902 bits per heavy atom. The molecule has 1 N–H and O–H groups in total. The predicted octanol–water partition coefficient (Wildman–Crippen LogP) is 2.50. The number of piperidine rings is 2. The molecule has 3 heterocycles. The van der Waals surface area contributed by atoms with Crippen LogP contribution in [0.2, 0.25) is 0 Å². The van der Waals surface area contributed by atoms with Crippen molar-refractivity contribution in [1.29, 1.82) is 0 Å². The van der Waals surface area contributed by atoms with Gasteiger partial charge in [-0.15, -0.1) is 0 Å². The normalized spacial score (nSPS) is 26.0. The lowest BCUT2D eigenvalue weighted by Gasteiger charge is -2.44. The molecule has 3 fully saturated rings. The maximum Gasteiger partial charge on any atom is 0.328 e. The lowest BCUT2D eigenvalue weighted by Crippen LogP contribution is -2.62. The average Bonchev–Trinajstić information content (AvgIpc) is 3.42. The van der Waals surface area contributed by atoms with Crippen molar-refractivity contribution >= 4 is 23.7 Å². The minimum atomic E-state index is -0.666. The second-order valence-electron chi connectivity index (χ2n) is 13.8. The van der Waals surface area contributed by atoms with Crippen LogP contribution in [-0.4, -0.2) is 121 Å². The highest BCUT2D eigenvalue weighted by atomic mass is 16.5. The molecular weight excluding hydrogens is 522 g/mol. The van der Waals surface area contributed by atoms with E-state index in [0.717, 1.165) is 58.0 Å². The lowest BCUT2D eigenvalue weighted by molar-refractivity contribution is -0.153. The smallest absolute Gasteiger partial charge is 0.328 e. The van der Waals surface area contributed by atoms with Crippen molar-refractivity contribution in [2.75, 3.05) is 47.4 Å². The van der Waals surface area contributed by atoms with Gasteiger partial charge in [-0.2, -0.15) is 0 Å². The molecule has 0 aromatic carbocycles. The fourth-order valence-electron chi connectivity index (χ4n) is 6.77. The average molecular weight is 578 g/mol. The fraction of sp³-hybridized carbons (Fsp3) is 0.871. The second-order valence-corrected chi connectivity index (χ2v) is 13.8. The number of likely N-dealkylation sites (tertiary alicyclic amines) is 3. The molecule has 0 aliphatic carbocycles. The van der Waals surface area contributed by atoms with E-state index >= 15 is 0 Å². The van der Waals surface area contributed by atoms with E-state index in [0.29, 0.717) is 19.5 Å². The third kappa shape index (κ3) is 8.00. The number of amides is 3. The number of hydrogen-bond donors (Lipinski definition) is 1. The van der Waals surface area contributed by atoms with Crippen LogP contribution in [0.15, 0.2) is 0 Å². The monoisotopic (exact) mass is 577 g/mol. The highest BCUT2D eigenvalue weighted by Gasteiger charge is 2.43. The van der Waals surface area contributed by atoms with Crippen LogP contribution in [0, 0.1) is 11.3 Å². The first kappa shape index (κ1) is 33.3. The highest BCUT2D eigenvalue weighted by Crippen LogP contribution is 2.28. The molecule has 234 valence electrons. The Bertz CT molecular complexity index is 934. The van der Waals surface area contributed by atoms with Gasteiger partial charge in [-0.1, -0.05) is 47.5 Å². The number of methoxy groups -OCH3 is 1. The largest absolute Gasteiger partial charge is 0.467 e. The van der Waals surface area contributed by atoms with E-state index < -0.39 is 17.5 Å². The third-order valence-corrected chi connectivity index (χ3v) is 9.42. The van der Waals surface area contributed by atoms with E-state index in [4.69, 9.17) is 4.74 Å². The molecule has 0 aromatic heterocycles. The number of rotatable bonds is 9. The van der Waals surface area contributed by atoms with Gasteiger partial charge >= 0.3 is 5.97 Å². The van der Waals surface area contributed by atoms with Gasteiger partial charge < -0.3 is 19.9 Å². The van der Waals surface area contributed by atoms with Crippen molar-refractivity contribution < 1.29 is 23.9 Å². The molecule has 0 radical (unpaired) electrons. The molecule has 3 aliphatic heterocycles. The molecule has 10 heteroatoms. The van der Waals surface area contributed by atoms with Gasteiger partial charge in [0.2, 0.25) is 17.7 Å².